The number of rotatable bonds is 2. The van der Waals surface area contributed by atoms with Crippen molar-refractivity contribution in [2.45, 2.75) is 19.3 Å². The van der Waals surface area contributed by atoms with Crippen molar-refractivity contribution in [1.82, 2.24) is 0 Å². The van der Waals surface area contributed by atoms with E-state index in [0.29, 0.717) is 12.5 Å². The number of anilines is 2. The van der Waals surface area contributed by atoms with Crippen LogP contribution in [0.1, 0.15) is 18.4 Å². The summed E-state index contributed by atoms with van der Waals surface area (Å²) in [5.41, 5.74) is 4.20. The van der Waals surface area contributed by atoms with Crippen LogP contribution in [0, 0.1) is 5.92 Å². The summed E-state index contributed by atoms with van der Waals surface area (Å²) in [5.74, 6) is 0.515. The zero-order valence-electron chi connectivity index (χ0n) is 10.2. The van der Waals surface area contributed by atoms with Gasteiger partial charge in [0.25, 0.3) is 0 Å². The lowest BCUT2D eigenvalue weighted by molar-refractivity contribution is 0.203. The molecule has 2 heterocycles. The van der Waals surface area contributed by atoms with Crippen molar-refractivity contribution in [2.75, 3.05) is 36.5 Å². The van der Waals surface area contributed by atoms with Gasteiger partial charge in [0.2, 0.25) is 0 Å². The van der Waals surface area contributed by atoms with Gasteiger partial charge in [-0.3, -0.25) is 0 Å². The zero-order valence-corrected chi connectivity index (χ0v) is 10.2. The van der Waals surface area contributed by atoms with Gasteiger partial charge in [0.1, 0.15) is 0 Å². The van der Waals surface area contributed by atoms with Gasteiger partial charge in [-0.2, -0.15) is 0 Å². The van der Waals surface area contributed by atoms with E-state index in [2.05, 4.69) is 28.4 Å². The molecule has 3 heteroatoms. The monoisotopic (exact) mass is 232 g/mol. The first-order chi connectivity index (χ1) is 8.38. The molecule has 0 aliphatic carbocycles. The maximum atomic E-state index is 9.17. The highest BCUT2D eigenvalue weighted by atomic mass is 16.3. The summed E-state index contributed by atoms with van der Waals surface area (Å²) in [7, 11) is 0. The molecule has 0 radical (unpaired) electrons. The van der Waals surface area contributed by atoms with Crippen molar-refractivity contribution >= 4 is 11.4 Å². The number of hydrogen-bond donors (Lipinski definition) is 2. The Balaban J connectivity index is 1.79. The second kappa shape index (κ2) is 4.57. The number of aliphatic hydroxyl groups excluding tert-OH is 1. The van der Waals surface area contributed by atoms with Crippen LogP contribution in [0.15, 0.2) is 18.2 Å². The van der Waals surface area contributed by atoms with Crippen molar-refractivity contribution < 1.29 is 5.11 Å². The van der Waals surface area contributed by atoms with Crippen molar-refractivity contribution in [3.63, 3.8) is 0 Å². The summed E-state index contributed by atoms with van der Waals surface area (Å²) < 4.78 is 0. The van der Waals surface area contributed by atoms with Gasteiger partial charge < -0.3 is 15.3 Å². The Labute approximate surface area is 102 Å². The second-order valence-corrected chi connectivity index (χ2v) is 5.09. The SMILES string of the molecule is OCC1CCN(c2cccc3c2CCN3)CC1. The van der Waals surface area contributed by atoms with Crippen LogP contribution in [0.2, 0.25) is 0 Å². The molecular weight excluding hydrogens is 212 g/mol. The van der Waals surface area contributed by atoms with Gasteiger partial charge in [-0.25, -0.2) is 0 Å². The predicted molar refractivity (Wildman–Crippen MR) is 70.7 cm³/mol. The van der Waals surface area contributed by atoms with Crippen molar-refractivity contribution in [1.29, 1.82) is 0 Å². The van der Waals surface area contributed by atoms with Gasteiger partial charge in [0.15, 0.2) is 0 Å². The molecular formula is C14H20N2O. The topological polar surface area (TPSA) is 35.5 Å². The van der Waals surface area contributed by atoms with Crippen LogP contribution >= 0.6 is 0 Å². The summed E-state index contributed by atoms with van der Waals surface area (Å²) in [6, 6.07) is 6.56. The summed E-state index contributed by atoms with van der Waals surface area (Å²) in [4.78, 5) is 2.48. The number of aliphatic hydroxyl groups is 1. The largest absolute Gasteiger partial charge is 0.396 e. The molecule has 0 spiro atoms. The van der Waals surface area contributed by atoms with Crippen molar-refractivity contribution in [3.8, 4) is 0 Å². The number of piperidine rings is 1. The van der Waals surface area contributed by atoms with E-state index in [4.69, 9.17) is 0 Å². The molecule has 0 aromatic heterocycles. The lowest BCUT2D eigenvalue weighted by Crippen LogP contribution is -2.35. The van der Waals surface area contributed by atoms with Crippen LogP contribution in [-0.4, -0.2) is 31.3 Å². The summed E-state index contributed by atoms with van der Waals surface area (Å²) >= 11 is 0. The van der Waals surface area contributed by atoms with Gasteiger partial charge in [0.05, 0.1) is 0 Å². The molecule has 2 aliphatic rings. The third-order valence-corrected chi connectivity index (χ3v) is 4.06. The highest BCUT2D eigenvalue weighted by molar-refractivity contribution is 5.69. The third kappa shape index (κ3) is 2.00. The Kier molecular flexibility index (Phi) is 2.93. The maximum absolute atomic E-state index is 9.17. The Morgan fingerprint density at radius 3 is 2.88 bits per heavy atom. The fraction of sp³-hybridized carbons (Fsp3) is 0.571. The molecule has 3 rings (SSSR count). The number of nitrogens with zero attached hydrogens (tertiary/aromatic N) is 1. The lowest BCUT2D eigenvalue weighted by atomic mass is 9.96. The Morgan fingerprint density at radius 1 is 1.29 bits per heavy atom. The number of hydrogen-bond acceptors (Lipinski definition) is 3. The fourth-order valence-electron chi connectivity index (χ4n) is 2.98. The van der Waals surface area contributed by atoms with Gasteiger partial charge in [-0.1, -0.05) is 6.07 Å². The van der Waals surface area contributed by atoms with Crippen LogP contribution in [0.25, 0.3) is 0 Å². The molecule has 0 saturated carbocycles. The predicted octanol–water partition coefficient (Wildman–Crippen LogP) is 1.86. The molecule has 1 aromatic carbocycles. The first kappa shape index (κ1) is 10.9. The summed E-state index contributed by atoms with van der Waals surface area (Å²) in [6.07, 6.45) is 3.38. The van der Waals surface area contributed by atoms with E-state index in [1.54, 1.807) is 0 Å². The van der Waals surface area contributed by atoms with Crippen molar-refractivity contribution in [2.24, 2.45) is 5.92 Å². The average Bonchev–Trinajstić information content (AvgIpc) is 2.87. The summed E-state index contributed by atoms with van der Waals surface area (Å²) in [5, 5.41) is 12.6. The van der Waals surface area contributed by atoms with Crippen LogP contribution in [-0.2, 0) is 6.42 Å². The number of nitrogens with one attached hydrogen (secondary N) is 1. The molecule has 2 aliphatic heterocycles. The fourth-order valence-corrected chi connectivity index (χ4v) is 2.98. The summed E-state index contributed by atoms with van der Waals surface area (Å²) in [6.45, 7) is 3.59. The van der Waals surface area contributed by atoms with E-state index in [1.165, 1.54) is 16.9 Å². The number of benzene rings is 1. The van der Waals surface area contributed by atoms with E-state index in [9.17, 15) is 5.11 Å². The third-order valence-electron chi connectivity index (χ3n) is 4.06. The molecule has 1 saturated heterocycles. The molecule has 0 atom stereocenters. The molecule has 2 N–H and O–H groups in total. The van der Waals surface area contributed by atoms with E-state index < -0.39 is 0 Å². The quantitative estimate of drug-likeness (QED) is 0.817. The first-order valence-electron chi connectivity index (χ1n) is 6.60. The minimum atomic E-state index is 0.349. The highest BCUT2D eigenvalue weighted by Gasteiger charge is 2.22. The molecule has 92 valence electrons. The second-order valence-electron chi connectivity index (χ2n) is 5.09. The van der Waals surface area contributed by atoms with Gasteiger partial charge >= 0.3 is 0 Å². The molecule has 1 aromatic rings. The number of fused-ring (bicyclic) bond motifs is 1. The Morgan fingerprint density at radius 2 is 2.12 bits per heavy atom. The van der Waals surface area contributed by atoms with Crippen LogP contribution in [0.4, 0.5) is 11.4 Å². The first-order valence-corrected chi connectivity index (χ1v) is 6.60. The van der Waals surface area contributed by atoms with E-state index in [-0.39, 0.29) is 0 Å². The lowest BCUT2D eigenvalue weighted by Gasteiger charge is -2.34. The Bertz CT molecular complexity index is 397. The van der Waals surface area contributed by atoms with Gasteiger partial charge in [0, 0.05) is 43.2 Å². The average molecular weight is 232 g/mol. The van der Waals surface area contributed by atoms with Crippen LogP contribution in [0.5, 0.6) is 0 Å². The van der Waals surface area contributed by atoms with Gasteiger partial charge in [-0.05, 0) is 37.3 Å². The Hall–Kier alpha value is -1.22. The van der Waals surface area contributed by atoms with Crippen LogP contribution in [0.3, 0.4) is 0 Å². The molecule has 3 nitrogen and oxygen atoms in total. The van der Waals surface area contributed by atoms with E-state index >= 15 is 0 Å². The molecule has 0 bridgehead atoms. The molecule has 1 fully saturated rings. The molecule has 17 heavy (non-hydrogen) atoms. The molecule has 0 unspecified atom stereocenters. The van der Waals surface area contributed by atoms with E-state index in [1.807, 2.05) is 0 Å². The normalized spacial score (nSPS) is 20.2. The van der Waals surface area contributed by atoms with Crippen LogP contribution < -0.4 is 10.2 Å². The molecule has 0 amide bonds. The smallest absolute Gasteiger partial charge is 0.0460 e. The zero-order chi connectivity index (χ0) is 11.7. The standard InChI is InChI=1S/C14H20N2O/c17-10-11-5-8-16(9-6-11)14-3-1-2-13-12(14)4-7-15-13/h1-3,11,15,17H,4-10H2. The van der Waals surface area contributed by atoms with E-state index in [0.717, 1.165) is 38.9 Å². The minimum absolute atomic E-state index is 0.349. The van der Waals surface area contributed by atoms with Crippen molar-refractivity contribution in [3.05, 3.63) is 23.8 Å². The highest BCUT2D eigenvalue weighted by Crippen LogP contribution is 2.33. The maximum Gasteiger partial charge on any atom is 0.0460 e. The minimum Gasteiger partial charge on any atom is -0.396 e. The van der Waals surface area contributed by atoms with Gasteiger partial charge in [-0.15, -0.1) is 0 Å².